The average Bonchev–Trinajstić information content (AvgIpc) is 3.89. The van der Waals surface area contributed by atoms with E-state index in [4.69, 9.17) is 0 Å². The van der Waals surface area contributed by atoms with Gasteiger partial charge < -0.3 is 13.7 Å². The molecule has 3 aromatic heterocycles. The van der Waals surface area contributed by atoms with E-state index in [1.807, 2.05) is 30.3 Å². The van der Waals surface area contributed by atoms with E-state index in [9.17, 15) is 10.5 Å². The number of rotatable bonds is 4. The van der Waals surface area contributed by atoms with Crippen molar-refractivity contribution in [1.82, 2.24) is 13.7 Å². The molecule has 0 saturated heterocycles. The quantitative estimate of drug-likeness (QED) is 0.184. The molecular formula is C50H29N5. The summed E-state index contributed by atoms with van der Waals surface area (Å²) in [6, 6.07) is 65.8. The van der Waals surface area contributed by atoms with Crippen molar-refractivity contribution >= 4 is 65.4 Å². The van der Waals surface area contributed by atoms with Crippen LogP contribution in [0.1, 0.15) is 11.1 Å². The van der Waals surface area contributed by atoms with Gasteiger partial charge in [0.2, 0.25) is 0 Å². The second kappa shape index (κ2) is 11.8. The SMILES string of the molecule is N#Cc1cc(-n2c3ccccc3c3c(-n4c5ccccc5c5ccccc54)c(C#N)ccc32)ccc1-c1ccc(-n2c3ccccc3c3ccccc32)cc1. The predicted molar refractivity (Wildman–Crippen MR) is 224 cm³/mol. The Labute approximate surface area is 316 Å². The van der Waals surface area contributed by atoms with Crippen LogP contribution in [0, 0.1) is 22.7 Å². The molecule has 11 rings (SSSR count). The Hall–Kier alpha value is -7.86. The van der Waals surface area contributed by atoms with Crippen LogP contribution in [0.3, 0.4) is 0 Å². The van der Waals surface area contributed by atoms with E-state index in [2.05, 4.69) is 171 Å². The minimum absolute atomic E-state index is 0.587. The van der Waals surface area contributed by atoms with Gasteiger partial charge in [-0.3, -0.25) is 0 Å². The zero-order chi connectivity index (χ0) is 36.6. The maximum atomic E-state index is 10.6. The average molecular weight is 700 g/mol. The highest BCUT2D eigenvalue weighted by Gasteiger charge is 2.23. The molecule has 0 saturated carbocycles. The van der Waals surface area contributed by atoms with Crippen molar-refractivity contribution in [2.24, 2.45) is 0 Å². The lowest BCUT2D eigenvalue weighted by Gasteiger charge is -2.14. The van der Waals surface area contributed by atoms with E-state index in [1.54, 1.807) is 0 Å². The largest absolute Gasteiger partial charge is 0.309 e. The summed E-state index contributed by atoms with van der Waals surface area (Å²) in [4.78, 5) is 0. The maximum absolute atomic E-state index is 10.6. The van der Waals surface area contributed by atoms with Crippen molar-refractivity contribution in [3.63, 3.8) is 0 Å². The van der Waals surface area contributed by atoms with Gasteiger partial charge in [-0.05, 0) is 77.9 Å². The third-order valence-corrected chi connectivity index (χ3v) is 11.1. The molecule has 0 atom stereocenters. The summed E-state index contributed by atoms with van der Waals surface area (Å²) in [5, 5.41) is 27.9. The number of benzene rings is 8. The first-order valence-electron chi connectivity index (χ1n) is 18.3. The fourth-order valence-electron chi connectivity index (χ4n) is 8.81. The normalized spacial score (nSPS) is 11.6. The lowest BCUT2D eigenvalue weighted by Crippen LogP contribution is -2.00. The summed E-state index contributed by atoms with van der Waals surface area (Å²) in [6.45, 7) is 0. The van der Waals surface area contributed by atoms with Crippen LogP contribution in [0.5, 0.6) is 0 Å². The van der Waals surface area contributed by atoms with Gasteiger partial charge in [-0.25, -0.2) is 0 Å². The molecule has 3 heterocycles. The summed E-state index contributed by atoms with van der Waals surface area (Å²) in [6.07, 6.45) is 0. The molecule has 0 spiro atoms. The zero-order valence-corrected chi connectivity index (χ0v) is 29.5. The molecule has 5 heteroatoms. The molecule has 0 bridgehead atoms. The van der Waals surface area contributed by atoms with Gasteiger partial charge in [-0.15, -0.1) is 0 Å². The standard InChI is InChI=1S/C50H29N5/c51-30-33-23-28-48-49(50(33)55-45-18-8-3-13-40(45)41-14-4-9-19-46(41)55)42-15-5-10-20-47(42)54(48)36-26-27-37(34(29-36)31-52)32-21-24-35(25-22-32)53-43-16-6-1-11-38(43)39-12-2-7-17-44(39)53/h1-29H. The van der Waals surface area contributed by atoms with Gasteiger partial charge in [0.05, 0.1) is 56.0 Å². The van der Waals surface area contributed by atoms with Crippen LogP contribution in [0.15, 0.2) is 176 Å². The Morgan fingerprint density at radius 3 is 1.31 bits per heavy atom. The second-order valence-electron chi connectivity index (χ2n) is 13.9. The van der Waals surface area contributed by atoms with Crippen LogP contribution in [-0.2, 0) is 0 Å². The molecule has 0 aliphatic carbocycles. The maximum Gasteiger partial charge on any atom is 0.101 e. The summed E-state index contributed by atoms with van der Waals surface area (Å²) in [5.41, 5.74) is 12.2. The molecule has 0 aliphatic rings. The van der Waals surface area contributed by atoms with Gasteiger partial charge in [0.25, 0.3) is 0 Å². The van der Waals surface area contributed by atoms with Gasteiger partial charge in [-0.1, -0.05) is 109 Å². The topological polar surface area (TPSA) is 62.4 Å². The molecule has 0 unspecified atom stereocenters. The van der Waals surface area contributed by atoms with Crippen molar-refractivity contribution in [2.75, 3.05) is 0 Å². The van der Waals surface area contributed by atoms with Gasteiger partial charge in [0, 0.05) is 43.7 Å². The Balaban J connectivity index is 1.09. The van der Waals surface area contributed by atoms with Gasteiger partial charge in [0.15, 0.2) is 0 Å². The predicted octanol–water partition coefficient (Wildman–Crippen LogP) is 12.4. The highest BCUT2D eigenvalue weighted by molar-refractivity contribution is 6.17. The van der Waals surface area contributed by atoms with E-state index in [-0.39, 0.29) is 0 Å². The van der Waals surface area contributed by atoms with Crippen molar-refractivity contribution < 1.29 is 0 Å². The fraction of sp³-hybridized carbons (Fsp3) is 0. The molecule has 5 nitrogen and oxygen atoms in total. The van der Waals surface area contributed by atoms with Crippen molar-refractivity contribution in [3.05, 3.63) is 187 Å². The summed E-state index contributed by atoms with van der Waals surface area (Å²) >= 11 is 0. The lowest BCUT2D eigenvalue weighted by atomic mass is 9.99. The Morgan fingerprint density at radius 1 is 0.345 bits per heavy atom. The lowest BCUT2D eigenvalue weighted by molar-refractivity contribution is 1.16. The molecule has 11 aromatic rings. The van der Waals surface area contributed by atoms with Crippen LogP contribution >= 0.6 is 0 Å². The molecule has 0 amide bonds. The number of aromatic nitrogens is 3. The first-order chi connectivity index (χ1) is 27.2. The molecule has 8 aromatic carbocycles. The molecule has 254 valence electrons. The van der Waals surface area contributed by atoms with Crippen molar-refractivity contribution in [2.45, 2.75) is 0 Å². The van der Waals surface area contributed by atoms with Crippen LogP contribution in [0.2, 0.25) is 0 Å². The van der Waals surface area contributed by atoms with E-state index in [0.717, 1.165) is 82.8 Å². The highest BCUT2D eigenvalue weighted by atomic mass is 15.0. The number of fused-ring (bicyclic) bond motifs is 9. The first kappa shape index (κ1) is 30.7. The minimum atomic E-state index is 0.587. The minimum Gasteiger partial charge on any atom is -0.309 e. The monoisotopic (exact) mass is 699 g/mol. The number of hydrogen-bond donors (Lipinski definition) is 0. The summed E-state index contributed by atoms with van der Waals surface area (Å²) in [7, 11) is 0. The molecule has 55 heavy (non-hydrogen) atoms. The number of hydrogen-bond acceptors (Lipinski definition) is 2. The van der Waals surface area contributed by atoms with Gasteiger partial charge in [-0.2, -0.15) is 10.5 Å². The van der Waals surface area contributed by atoms with Gasteiger partial charge >= 0.3 is 0 Å². The number of para-hydroxylation sites is 5. The number of nitrogens with zero attached hydrogens (tertiary/aromatic N) is 5. The fourth-order valence-corrected chi connectivity index (χ4v) is 8.81. The van der Waals surface area contributed by atoms with Crippen molar-refractivity contribution in [3.8, 4) is 40.3 Å². The van der Waals surface area contributed by atoms with Crippen LogP contribution in [-0.4, -0.2) is 13.7 Å². The van der Waals surface area contributed by atoms with Crippen LogP contribution in [0.4, 0.5) is 0 Å². The van der Waals surface area contributed by atoms with Crippen LogP contribution in [0.25, 0.3) is 93.6 Å². The molecular weight excluding hydrogens is 671 g/mol. The van der Waals surface area contributed by atoms with E-state index in [1.165, 1.54) is 10.8 Å². The third-order valence-electron chi connectivity index (χ3n) is 11.1. The van der Waals surface area contributed by atoms with E-state index >= 15 is 0 Å². The highest BCUT2D eigenvalue weighted by Crippen LogP contribution is 2.42. The molecule has 0 aliphatic heterocycles. The van der Waals surface area contributed by atoms with Crippen molar-refractivity contribution in [1.29, 1.82) is 10.5 Å². The second-order valence-corrected chi connectivity index (χ2v) is 13.9. The van der Waals surface area contributed by atoms with E-state index in [0.29, 0.717) is 11.1 Å². The first-order valence-corrected chi connectivity index (χ1v) is 18.3. The Bertz CT molecular complexity index is 3350. The Morgan fingerprint density at radius 2 is 0.782 bits per heavy atom. The molecule has 0 radical (unpaired) electrons. The van der Waals surface area contributed by atoms with E-state index < -0.39 is 0 Å². The smallest absolute Gasteiger partial charge is 0.101 e. The summed E-state index contributed by atoms with van der Waals surface area (Å²) in [5.74, 6) is 0. The van der Waals surface area contributed by atoms with Crippen LogP contribution < -0.4 is 0 Å². The molecule has 0 fully saturated rings. The third kappa shape index (κ3) is 4.39. The zero-order valence-electron chi connectivity index (χ0n) is 29.5. The van der Waals surface area contributed by atoms with Gasteiger partial charge in [0.1, 0.15) is 6.07 Å². The Kier molecular flexibility index (Phi) is 6.61. The number of nitriles is 2. The summed E-state index contributed by atoms with van der Waals surface area (Å²) < 4.78 is 6.77. The molecule has 0 N–H and O–H groups in total.